The van der Waals surface area contributed by atoms with Gasteiger partial charge >= 0.3 is 5.97 Å². The lowest BCUT2D eigenvalue weighted by Gasteiger charge is -2.42. The molecule has 0 fully saturated rings. The molecule has 1 amide bonds. The van der Waals surface area contributed by atoms with Crippen molar-refractivity contribution in [3.8, 4) is 0 Å². The number of carboxylic acids is 1. The maximum absolute atomic E-state index is 12.9. The monoisotopic (exact) mass is 481 g/mol. The zero-order chi connectivity index (χ0) is 26.3. The molecule has 1 unspecified atom stereocenters. The summed E-state index contributed by atoms with van der Waals surface area (Å²) in [5, 5.41) is 9.70. The van der Waals surface area contributed by atoms with Crippen molar-refractivity contribution in [2.24, 2.45) is 17.8 Å². The van der Waals surface area contributed by atoms with Crippen molar-refractivity contribution in [2.45, 2.75) is 112 Å². The van der Waals surface area contributed by atoms with Crippen LogP contribution in [0.4, 0.5) is 0 Å². The van der Waals surface area contributed by atoms with E-state index in [4.69, 9.17) is 4.43 Å². The van der Waals surface area contributed by atoms with Gasteiger partial charge in [0, 0.05) is 12.6 Å². The Bertz CT molecular complexity index is 718. The summed E-state index contributed by atoms with van der Waals surface area (Å²) in [6.45, 7) is 25.7. The normalized spacial score (nSPS) is 17.5. The topological polar surface area (TPSA) is 66.8 Å². The summed E-state index contributed by atoms with van der Waals surface area (Å²) in [4.78, 5) is 26.0. The van der Waals surface area contributed by atoms with Crippen LogP contribution in [-0.2, 0) is 14.0 Å². The molecule has 6 heteroatoms. The lowest BCUT2D eigenvalue weighted by Crippen LogP contribution is -2.46. The fourth-order valence-electron chi connectivity index (χ4n) is 3.53. The molecule has 0 saturated carbocycles. The van der Waals surface area contributed by atoms with Gasteiger partial charge in [0.2, 0.25) is 5.91 Å². The van der Waals surface area contributed by atoms with E-state index in [1.54, 1.807) is 14.0 Å². The highest BCUT2D eigenvalue weighted by molar-refractivity contribution is 6.74. The number of aliphatic carboxylic acids is 1. The minimum atomic E-state index is -1.94. The van der Waals surface area contributed by atoms with Gasteiger partial charge in [0.25, 0.3) is 0 Å². The van der Waals surface area contributed by atoms with Gasteiger partial charge in [0.15, 0.2) is 8.32 Å². The van der Waals surface area contributed by atoms with Gasteiger partial charge in [-0.1, -0.05) is 60.6 Å². The highest BCUT2D eigenvalue weighted by atomic mass is 28.4. The molecular formula is C27H51NO4Si. The average Bonchev–Trinajstić information content (AvgIpc) is 2.70. The van der Waals surface area contributed by atoms with Crippen molar-refractivity contribution in [3.63, 3.8) is 0 Å². The molecule has 192 valence electrons. The Morgan fingerprint density at radius 1 is 1.09 bits per heavy atom. The van der Waals surface area contributed by atoms with Crippen LogP contribution in [0, 0.1) is 17.8 Å². The SMILES string of the molecule is C/C=C(\C)[C@@H](O[Si](C)(C)C(C)(C)C)[C@@H](C)[C@@H](C)C/C=C(\C)C(=O)N(C)C(CC(C)C)C(=O)O. The third-order valence-electron chi connectivity index (χ3n) is 7.41. The van der Waals surface area contributed by atoms with E-state index in [0.717, 1.165) is 6.42 Å². The number of likely N-dealkylation sites (N-methyl/N-ethyl adjacent to an activating group) is 1. The highest BCUT2D eigenvalue weighted by Crippen LogP contribution is 2.40. The van der Waals surface area contributed by atoms with E-state index < -0.39 is 20.3 Å². The Morgan fingerprint density at radius 3 is 2.00 bits per heavy atom. The second-order valence-electron chi connectivity index (χ2n) is 11.7. The number of hydrogen-bond acceptors (Lipinski definition) is 3. The van der Waals surface area contributed by atoms with Crippen LogP contribution in [0.1, 0.15) is 82.1 Å². The maximum atomic E-state index is 12.9. The third-order valence-corrected chi connectivity index (χ3v) is 11.9. The number of rotatable bonds is 12. The molecule has 0 bridgehead atoms. The minimum absolute atomic E-state index is 0.0420. The second-order valence-corrected chi connectivity index (χ2v) is 16.4. The number of carbonyl (C=O) groups excluding carboxylic acids is 1. The summed E-state index contributed by atoms with van der Waals surface area (Å²) in [5.74, 6) is -0.406. The van der Waals surface area contributed by atoms with Crippen LogP contribution in [-0.4, -0.2) is 49.4 Å². The second kappa shape index (κ2) is 12.9. The van der Waals surface area contributed by atoms with Gasteiger partial charge in [-0.15, -0.1) is 0 Å². The molecule has 0 radical (unpaired) electrons. The quantitative estimate of drug-likeness (QED) is 0.187. The molecule has 5 nitrogen and oxygen atoms in total. The standard InChI is InChI=1S/C27H51NO4Si/c1-14-19(4)24(32-33(12,13)27(8,9)10)22(7)20(5)15-16-21(6)25(29)28(11)23(26(30)31)17-18(2)3/h14,16,18,20,22-24H,15,17H2,1-13H3,(H,30,31)/b19-14+,21-16+/t20-,22-,23?,24+/m0/s1. The smallest absolute Gasteiger partial charge is 0.326 e. The fourth-order valence-corrected chi connectivity index (χ4v) is 4.92. The number of nitrogens with zero attached hydrogens (tertiary/aromatic N) is 1. The Labute approximate surface area is 204 Å². The Kier molecular flexibility index (Phi) is 12.3. The minimum Gasteiger partial charge on any atom is -0.480 e. The van der Waals surface area contributed by atoms with Crippen LogP contribution >= 0.6 is 0 Å². The highest BCUT2D eigenvalue weighted by Gasteiger charge is 2.41. The number of carbonyl (C=O) groups is 2. The van der Waals surface area contributed by atoms with Crippen LogP contribution < -0.4 is 0 Å². The van der Waals surface area contributed by atoms with Gasteiger partial charge in [-0.3, -0.25) is 4.79 Å². The van der Waals surface area contributed by atoms with Gasteiger partial charge in [0.1, 0.15) is 6.04 Å². The molecule has 0 aromatic rings. The molecule has 0 rings (SSSR count). The van der Waals surface area contributed by atoms with Gasteiger partial charge in [0.05, 0.1) is 6.10 Å². The molecule has 0 heterocycles. The number of allylic oxidation sites excluding steroid dienone is 2. The predicted octanol–water partition coefficient (Wildman–Crippen LogP) is 6.91. The summed E-state index contributed by atoms with van der Waals surface area (Å²) >= 11 is 0. The van der Waals surface area contributed by atoms with Crippen LogP contribution in [0.15, 0.2) is 23.3 Å². The molecule has 33 heavy (non-hydrogen) atoms. The van der Waals surface area contributed by atoms with E-state index in [-0.39, 0.29) is 28.9 Å². The van der Waals surface area contributed by atoms with Gasteiger partial charge < -0.3 is 14.4 Å². The Balaban J connectivity index is 5.52. The molecule has 0 aliphatic heterocycles. The summed E-state index contributed by atoms with van der Waals surface area (Å²) in [6.07, 6.45) is 5.32. The van der Waals surface area contributed by atoms with Crippen molar-refractivity contribution in [2.75, 3.05) is 7.05 Å². The van der Waals surface area contributed by atoms with Gasteiger partial charge in [-0.05, 0) is 75.1 Å². The molecule has 0 aliphatic carbocycles. The van der Waals surface area contributed by atoms with Crippen molar-refractivity contribution >= 4 is 20.2 Å². The van der Waals surface area contributed by atoms with Crippen molar-refractivity contribution in [1.29, 1.82) is 0 Å². The van der Waals surface area contributed by atoms with Crippen LogP contribution in [0.25, 0.3) is 0 Å². The largest absolute Gasteiger partial charge is 0.480 e. The first kappa shape index (κ1) is 31.6. The molecule has 0 aromatic heterocycles. The van der Waals surface area contributed by atoms with E-state index in [9.17, 15) is 14.7 Å². The lowest BCUT2D eigenvalue weighted by molar-refractivity contribution is -0.148. The lowest BCUT2D eigenvalue weighted by atomic mass is 9.85. The van der Waals surface area contributed by atoms with Gasteiger partial charge in [-0.2, -0.15) is 0 Å². The van der Waals surface area contributed by atoms with Gasteiger partial charge in [-0.25, -0.2) is 4.79 Å². The van der Waals surface area contributed by atoms with Crippen LogP contribution in [0.5, 0.6) is 0 Å². The molecule has 1 N–H and O–H groups in total. The van der Waals surface area contributed by atoms with E-state index in [0.29, 0.717) is 17.9 Å². The first-order chi connectivity index (χ1) is 14.9. The first-order valence-electron chi connectivity index (χ1n) is 12.3. The molecule has 0 spiro atoms. The van der Waals surface area contributed by atoms with Crippen molar-refractivity contribution in [3.05, 3.63) is 23.3 Å². The molecule has 0 aliphatic rings. The summed E-state index contributed by atoms with van der Waals surface area (Å²) in [7, 11) is -0.354. The molecule has 4 atom stereocenters. The maximum Gasteiger partial charge on any atom is 0.326 e. The van der Waals surface area contributed by atoms with Crippen LogP contribution in [0.3, 0.4) is 0 Å². The molecular weight excluding hydrogens is 430 g/mol. The zero-order valence-electron chi connectivity index (χ0n) is 23.6. The number of hydrogen-bond donors (Lipinski definition) is 1. The zero-order valence-corrected chi connectivity index (χ0v) is 24.6. The number of carboxylic acid groups (broad SMARTS) is 1. The van der Waals surface area contributed by atoms with Crippen molar-refractivity contribution in [1.82, 2.24) is 4.90 Å². The first-order valence-corrected chi connectivity index (χ1v) is 15.3. The van der Waals surface area contributed by atoms with E-state index in [2.05, 4.69) is 67.6 Å². The van der Waals surface area contributed by atoms with E-state index >= 15 is 0 Å². The summed E-state index contributed by atoms with van der Waals surface area (Å²) < 4.78 is 6.83. The summed E-state index contributed by atoms with van der Waals surface area (Å²) in [5.41, 5.74) is 1.84. The average molecular weight is 482 g/mol. The van der Waals surface area contributed by atoms with E-state index in [1.165, 1.54) is 10.5 Å². The summed E-state index contributed by atoms with van der Waals surface area (Å²) in [6, 6.07) is -0.808. The molecule has 0 aromatic carbocycles. The van der Waals surface area contributed by atoms with Crippen LogP contribution in [0.2, 0.25) is 18.1 Å². The third kappa shape index (κ3) is 9.40. The van der Waals surface area contributed by atoms with E-state index in [1.807, 2.05) is 19.9 Å². The Morgan fingerprint density at radius 2 is 1.61 bits per heavy atom. The fraction of sp³-hybridized carbons (Fsp3) is 0.778. The Hall–Kier alpha value is -1.40. The number of amides is 1. The predicted molar refractivity (Wildman–Crippen MR) is 142 cm³/mol. The van der Waals surface area contributed by atoms with Crippen molar-refractivity contribution < 1.29 is 19.1 Å². The molecule has 0 saturated heterocycles.